The summed E-state index contributed by atoms with van der Waals surface area (Å²) in [6.07, 6.45) is 0. The number of alkyl halides is 2. The van der Waals surface area contributed by atoms with Crippen molar-refractivity contribution in [3.63, 3.8) is 0 Å². The van der Waals surface area contributed by atoms with Crippen LogP contribution >= 0.6 is 12.0 Å². The minimum absolute atomic E-state index is 0.0529. The van der Waals surface area contributed by atoms with Crippen molar-refractivity contribution in [1.82, 2.24) is 4.31 Å². The van der Waals surface area contributed by atoms with Crippen LogP contribution in [0.1, 0.15) is 0 Å². The fourth-order valence-electron chi connectivity index (χ4n) is 1.04. The fraction of sp³-hybridized carbons (Fsp3) is 1.00. The van der Waals surface area contributed by atoms with Gasteiger partial charge in [0.05, 0.1) is 13.2 Å². The summed E-state index contributed by atoms with van der Waals surface area (Å²) in [5.41, 5.74) is 0. The largest absolute Gasteiger partial charge is 0.433 e. The number of hydrogen-bond donors (Lipinski definition) is 1. The Bertz CT molecular complexity index is 317. The molecule has 1 heterocycles. The maximum Gasteiger partial charge on any atom is 0.433 e. The molecule has 1 N–H and O–H groups in total. The third kappa shape index (κ3) is 3.00. The molecule has 1 aliphatic rings. The van der Waals surface area contributed by atoms with E-state index in [9.17, 15) is 17.2 Å². The third-order valence-corrected chi connectivity index (χ3v) is 4.58. The Balaban J connectivity index is 2.74. The molecule has 0 saturated carbocycles. The van der Waals surface area contributed by atoms with Gasteiger partial charge in [0, 0.05) is 13.1 Å². The van der Waals surface area contributed by atoms with Crippen molar-refractivity contribution in [3.8, 4) is 0 Å². The zero-order chi connectivity index (χ0) is 12.2. The van der Waals surface area contributed by atoms with Crippen molar-refractivity contribution in [2.24, 2.45) is 0 Å². The smallest absolute Gasteiger partial charge is 0.379 e. The van der Waals surface area contributed by atoms with Crippen LogP contribution in [-0.2, 0) is 24.1 Å². The zero-order valence-electron chi connectivity index (χ0n) is 7.84. The monoisotopic (exact) mass is 281 g/mol. The average Bonchev–Trinajstić information content (AvgIpc) is 2.27. The van der Waals surface area contributed by atoms with Gasteiger partial charge in [-0.1, -0.05) is 5.04 Å². The Kier molecular flexibility index (Phi) is 4.85. The molecule has 0 atom stereocenters. The first kappa shape index (κ1) is 14.0. The molecule has 16 heavy (non-hydrogen) atoms. The van der Waals surface area contributed by atoms with Gasteiger partial charge in [-0.2, -0.15) is 13.1 Å². The van der Waals surface area contributed by atoms with Crippen molar-refractivity contribution in [1.29, 1.82) is 0 Å². The Morgan fingerprint density at radius 3 is 2.44 bits per heavy atom. The highest BCUT2D eigenvalue weighted by Crippen LogP contribution is 2.37. The van der Waals surface area contributed by atoms with Crippen molar-refractivity contribution in [2.45, 2.75) is 4.59 Å². The van der Waals surface area contributed by atoms with Crippen LogP contribution in [0.15, 0.2) is 0 Å². The Morgan fingerprint density at radius 1 is 1.38 bits per heavy atom. The number of hydrogen-bond acceptors (Lipinski definition) is 7. The summed E-state index contributed by atoms with van der Waals surface area (Å²) >= 11 is -0.797. The van der Waals surface area contributed by atoms with Crippen molar-refractivity contribution in [3.05, 3.63) is 0 Å². The summed E-state index contributed by atoms with van der Waals surface area (Å²) in [4.78, 5) is 0. The van der Waals surface area contributed by atoms with E-state index in [0.29, 0.717) is 4.31 Å². The van der Waals surface area contributed by atoms with Crippen molar-refractivity contribution in [2.75, 3.05) is 26.3 Å². The van der Waals surface area contributed by atoms with Crippen molar-refractivity contribution < 1.29 is 36.6 Å². The summed E-state index contributed by atoms with van der Waals surface area (Å²) in [6, 6.07) is 0. The molecule has 0 unspecified atom stereocenters. The summed E-state index contributed by atoms with van der Waals surface area (Å²) in [6.45, 7) is -0.203. The quantitative estimate of drug-likeness (QED) is 0.439. The van der Waals surface area contributed by atoms with Gasteiger partial charge in [0.25, 0.3) is 10.0 Å². The number of nitrogens with zero attached hydrogens (tertiary/aromatic N) is 1. The van der Waals surface area contributed by atoms with E-state index < -0.39 is 26.7 Å². The molecule has 1 fully saturated rings. The van der Waals surface area contributed by atoms with Gasteiger partial charge in [0.1, 0.15) is 12.0 Å². The number of rotatable bonds is 5. The highest BCUT2D eigenvalue weighted by Gasteiger charge is 2.51. The van der Waals surface area contributed by atoms with Gasteiger partial charge < -0.3 is 4.74 Å². The second kappa shape index (κ2) is 5.53. The van der Waals surface area contributed by atoms with Crippen LogP contribution in [0.3, 0.4) is 0 Å². The first-order valence-electron chi connectivity index (χ1n) is 4.03. The standard InChI is InChI=1S/C5H9F2NO6S2/c6-5(7,15-14-13-9)16(10,11)8-1-3-12-4-2-8/h9H,1-4H2. The van der Waals surface area contributed by atoms with E-state index in [4.69, 9.17) is 9.99 Å². The second-order valence-electron chi connectivity index (χ2n) is 2.71. The van der Waals surface area contributed by atoms with Gasteiger partial charge in [-0.25, -0.2) is 13.7 Å². The molecule has 1 saturated heterocycles. The Morgan fingerprint density at radius 2 is 1.94 bits per heavy atom. The van der Waals surface area contributed by atoms with E-state index in [-0.39, 0.29) is 26.3 Å². The van der Waals surface area contributed by atoms with Crippen LogP contribution in [0.25, 0.3) is 0 Å². The van der Waals surface area contributed by atoms with Gasteiger partial charge in [-0.05, 0) is 0 Å². The number of sulfonamides is 1. The molecule has 0 spiro atoms. The second-order valence-corrected chi connectivity index (χ2v) is 5.76. The van der Waals surface area contributed by atoms with E-state index >= 15 is 0 Å². The first-order valence-corrected chi connectivity index (χ1v) is 6.21. The molecule has 1 rings (SSSR count). The third-order valence-electron chi connectivity index (χ3n) is 1.77. The predicted molar refractivity (Wildman–Crippen MR) is 48.6 cm³/mol. The molecule has 0 radical (unpaired) electrons. The molecule has 11 heteroatoms. The van der Waals surface area contributed by atoms with E-state index in [1.807, 2.05) is 0 Å². The van der Waals surface area contributed by atoms with Crippen LogP contribution in [0.2, 0.25) is 0 Å². The van der Waals surface area contributed by atoms with Crippen LogP contribution in [0.4, 0.5) is 8.78 Å². The van der Waals surface area contributed by atoms with Gasteiger partial charge >= 0.3 is 4.59 Å². The van der Waals surface area contributed by atoms with E-state index in [1.165, 1.54) is 0 Å². The van der Waals surface area contributed by atoms with Gasteiger partial charge in [0.2, 0.25) is 0 Å². The molecule has 0 aromatic carbocycles. The lowest BCUT2D eigenvalue weighted by atomic mass is 10.5. The highest BCUT2D eigenvalue weighted by atomic mass is 32.3. The molecule has 1 aliphatic heterocycles. The molecule has 7 nitrogen and oxygen atoms in total. The zero-order valence-corrected chi connectivity index (χ0v) is 9.47. The minimum Gasteiger partial charge on any atom is -0.379 e. The summed E-state index contributed by atoms with van der Waals surface area (Å²) < 4.78 is 53.7. The number of morpholine rings is 1. The molecule has 0 aromatic rings. The molecule has 0 bridgehead atoms. The van der Waals surface area contributed by atoms with Crippen LogP contribution < -0.4 is 0 Å². The molecular weight excluding hydrogens is 272 g/mol. The molecule has 0 aliphatic carbocycles. The number of halogens is 2. The number of ether oxygens (including phenoxy) is 1. The Labute approximate surface area is 94.4 Å². The Hall–Kier alpha value is -0.0400. The predicted octanol–water partition coefficient (Wildman–Crippen LogP) is 0.268. The normalized spacial score (nSPS) is 19.9. The molecular formula is C5H9F2NO6S2. The van der Waals surface area contributed by atoms with Gasteiger partial charge in [0.15, 0.2) is 0 Å². The van der Waals surface area contributed by atoms with E-state index in [2.05, 4.69) is 9.37 Å². The van der Waals surface area contributed by atoms with E-state index in [1.54, 1.807) is 0 Å². The first-order chi connectivity index (χ1) is 7.42. The lowest BCUT2D eigenvalue weighted by Crippen LogP contribution is -2.47. The molecule has 96 valence electrons. The highest BCUT2D eigenvalue weighted by molar-refractivity contribution is 8.10. The SMILES string of the molecule is O=S(=O)(N1CCOCC1)C(F)(F)SOOO. The van der Waals surface area contributed by atoms with Crippen LogP contribution in [0.5, 0.6) is 0 Å². The molecule has 0 aromatic heterocycles. The van der Waals surface area contributed by atoms with Crippen molar-refractivity contribution >= 4 is 22.1 Å². The average molecular weight is 281 g/mol. The summed E-state index contributed by atoms with van der Waals surface area (Å²) in [5.74, 6) is 0. The lowest BCUT2D eigenvalue weighted by molar-refractivity contribution is -0.433. The molecule has 0 amide bonds. The van der Waals surface area contributed by atoms with Gasteiger partial charge in [-0.3, -0.25) is 0 Å². The summed E-state index contributed by atoms with van der Waals surface area (Å²) in [5, 5.41) is 10.6. The van der Waals surface area contributed by atoms with Crippen LogP contribution in [-0.4, -0.2) is 48.9 Å². The minimum atomic E-state index is -4.87. The topological polar surface area (TPSA) is 85.3 Å². The fourth-order valence-corrected chi connectivity index (χ4v) is 2.82. The van der Waals surface area contributed by atoms with Crippen LogP contribution in [0, 0.1) is 0 Å². The lowest BCUT2D eigenvalue weighted by Gasteiger charge is -2.28. The maximum absolute atomic E-state index is 13.1. The van der Waals surface area contributed by atoms with E-state index in [0.717, 1.165) is 0 Å². The summed E-state index contributed by atoms with van der Waals surface area (Å²) in [7, 11) is -4.87. The van der Waals surface area contributed by atoms with Gasteiger partial charge in [-0.15, -0.1) is 4.33 Å². The maximum atomic E-state index is 13.1.